The Morgan fingerprint density at radius 3 is 2.55 bits per heavy atom. The van der Waals surface area contributed by atoms with Gasteiger partial charge in [-0.3, -0.25) is 14.3 Å². The monoisotopic (exact) mass is 281 g/mol. The minimum atomic E-state index is -0.831. The average molecular weight is 281 g/mol. The van der Waals surface area contributed by atoms with Crippen LogP contribution in [0.3, 0.4) is 0 Å². The molecule has 0 aliphatic rings. The van der Waals surface area contributed by atoms with Gasteiger partial charge in [0.1, 0.15) is 0 Å². The Hall–Kier alpha value is -1.85. The molecule has 1 rings (SSSR count). The Morgan fingerprint density at radius 2 is 2.10 bits per heavy atom. The van der Waals surface area contributed by atoms with Gasteiger partial charge in [-0.25, -0.2) is 0 Å². The first-order valence-electron chi connectivity index (χ1n) is 6.79. The van der Waals surface area contributed by atoms with Gasteiger partial charge in [0, 0.05) is 26.2 Å². The predicted octanol–water partition coefficient (Wildman–Crippen LogP) is 1.60. The number of nitrogens with zero attached hydrogens (tertiary/aromatic N) is 2. The van der Waals surface area contributed by atoms with Crippen LogP contribution >= 0.6 is 0 Å². The number of carbonyl (C=O) groups is 2. The number of aromatic nitrogens is 2. The number of nitrogens with one attached hydrogen (secondary N) is 1. The topological polar surface area (TPSA) is 84.2 Å². The first-order valence-corrected chi connectivity index (χ1v) is 6.79. The Labute approximate surface area is 119 Å². The summed E-state index contributed by atoms with van der Waals surface area (Å²) in [6, 6.07) is 0. The number of amides is 1. The van der Waals surface area contributed by atoms with E-state index in [0.717, 1.165) is 6.42 Å². The van der Waals surface area contributed by atoms with E-state index in [0.29, 0.717) is 23.7 Å². The van der Waals surface area contributed by atoms with E-state index >= 15 is 0 Å². The van der Waals surface area contributed by atoms with E-state index in [9.17, 15) is 9.59 Å². The third-order valence-corrected chi connectivity index (χ3v) is 3.08. The zero-order chi connectivity index (χ0) is 15.3. The molecule has 1 heterocycles. The van der Waals surface area contributed by atoms with Crippen molar-refractivity contribution in [3.05, 3.63) is 17.5 Å². The summed E-state index contributed by atoms with van der Waals surface area (Å²) in [5, 5.41) is 15.8. The highest BCUT2D eigenvalue weighted by atomic mass is 16.4. The van der Waals surface area contributed by atoms with Crippen molar-refractivity contribution in [1.29, 1.82) is 0 Å². The molecule has 20 heavy (non-hydrogen) atoms. The van der Waals surface area contributed by atoms with Crippen molar-refractivity contribution < 1.29 is 14.7 Å². The molecule has 0 aliphatic heterocycles. The Morgan fingerprint density at radius 1 is 1.45 bits per heavy atom. The summed E-state index contributed by atoms with van der Waals surface area (Å²) in [6.07, 6.45) is 2.52. The molecule has 1 aromatic rings. The van der Waals surface area contributed by atoms with E-state index in [4.69, 9.17) is 5.11 Å². The van der Waals surface area contributed by atoms with Gasteiger partial charge >= 0.3 is 5.97 Å². The number of rotatable bonds is 7. The van der Waals surface area contributed by atoms with Gasteiger partial charge in [-0.1, -0.05) is 13.8 Å². The van der Waals surface area contributed by atoms with Crippen LogP contribution in [0.25, 0.3) is 0 Å². The maximum atomic E-state index is 12.0. The lowest BCUT2D eigenvalue weighted by molar-refractivity contribution is -0.138. The van der Waals surface area contributed by atoms with Crippen molar-refractivity contribution >= 4 is 11.9 Å². The second-order valence-electron chi connectivity index (χ2n) is 5.61. The molecule has 2 N–H and O–H groups in total. The molecule has 1 atom stereocenters. The van der Waals surface area contributed by atoms with Crippen LogP contribution in [-0.2, 0) is 11.8 Å². The van der Waals surface area contributed by atoms with Gasteiger partial charge in [0.05, 0.1) is 11.3 Å². The van der Waals surface area contributed by atoms with Crippen molar-refractivity contribution in [1.82, 2.24) is 15.1 Å². The molecule has 0 aliphatic carbocycles. The zero-order valence-electron chi connectivity index (χ0n) is 12.5. The smallest absolute Gasteiger partial charge is 0.303 e. The maximum absolute atomic E-state index is 12.0. The highest BCUT2D eigenvalue weighted by Crippen LogP contribution is 2.15. The summed E-state index contributed by atoms with van der Waals surface area (Å²) in [7, 11) is 1.76. The van der Waals surface area contributed by atoms with Crippen LogP contribution < -0.4 is 5.32 Å². The van der Waals surface area contributed by atoms with Gasteiger partial charge in [0.15, 0.2) is 0 Å². The minimum absolute atomic E-state index is 0.0478. The Balaban J connectivity index is 2.60. The highest BCUT2D eigenvalue weighted by molar-refractivity contribution is 5.95. The van der Waals surface area contributed by atoms with E-state index < -0.39 is 5.97 Å². The van der Waals surface area contributed by atoms with Crippen LogP contribution in [-0.4, -0.2) is 33.3 Å². The van der Waals surface area contributed by atoms with Crippen molar-refractivity contribution in [2.45, 2.75) is 33.6 Å². The molecule has 0 aromatic carbocycles. The number of carboxylic acids is 1. The first-order chi connectivity index (χ1) is 9.29. The number of carbonyl (C=O) groups excluding carboxylic acids is 1. The van der Waals surface area contributed by atoms with Crippen LogP contribution in [0.5, 0.6) is 0 Å². The summed E-state index contributed by atoms with van der Waals surface area (Å²) in [6.45, 7) is 6.24. The zero-order valence-corrected chi connectivity index (χ0v) is 12.5. The van der Waals surface area contributed by atoms with Crippen molar-refractivity contribution in [3.8, 4) is 0 Å². The fraction of sp³-hybridized carbons (Fsp3) is 0.643. The molecule has 0 bridgehead atoms. The van der Waals surface area contributed by atoms with Crippen LogP contribution in [0.15, 0.2) is 6.20 Å². The molecule has 1 unspecified atom stereocenters. The number of aliphatic carboxylic acids is 1. The molecular formula is C14H23N3O3. The molecule has 0 radical (unpaired) electrons. The normalized spacial score (nSPS) is 12.4. The van der Waals surface area contributed by atoms with Gasteiger partial charge < -0.3 is 10.4 Å². The van der Waals surface area contributed by atoms with Gasteiger partial charge in [0.2, 0.25) is 0 Å². The minimum Gasteiger partial charge on any atom is -0.481 e. The summed E-state index contributed by atoms with van der Waals surface area (Å²) < 4.78 is 1.59. The largest absolute Gasteiger partial charge is 0.481 e. The maximum Gasteiger partial charge on any atom is 0.303 e. The number of aryl methyl sites for hydroxylation is 2. The molecule has 0 saturated carbocycles. The Kier molecular flexibility index (Phi) is 5.73. The second-order valence-corrected chi connectivity index (χ2v) is 5.61. The van der Waals surface area contributed by atoms with E-state index in [-0.39, 0.29) is 18.2 Å². The fourth-order valence-corrected chi connectivity index (χ4v) is 2.31. The van der Waals surface area contributed by atoms with Gasteiger partial charge in [-0.15, -0.1) is 0 Å². The summed E-state index contributed by atoms with van der Waals surface area (Å²) >= 11 is 0. The molecule has 1 aromatic heterocycles. The SMILES string of the molecule is Cc1nn(C)cc1C(=O)NCC(CC(=O)O)CC(C)C. The lowest BCUT2D eigenvalue weighted by Crippen LogP contribution is -2.31. The van der Waals surface area contributed by atoms with E-state index in [1.807, 2.05) is 13.8 Å². The lowest BCUT2D eigenvalue weighted by atomic mass is 9.94. The fourth-order valence-electron chi connectivity index (χ4n) is 2.31. The number of hydrogen-bond donors (Lipinski definition) is 2. The second kappa shape index (κ2) is 7.07. The number of carboxylic acid groups (broad SMARTS) is 1. The van der Waals surface area contributed by atoms with Gasteiger partial charge in [-0.05, 0) is 25.2 Å². The molecule has 112 valence electrons. The lowest BCUT2D eigenvalue weighted by Gasteiger charge is -2.17. The molecular weight excluding hydrogens is 258 g/mol. The van der Waals surface area contributed by atoms with E-state index in [2.05, 4.69) is 10.4 Å². The summed E-state index contributed by atoms with van der Waals surface area (Å²) in [5.41, 5.74) is 1.20. The standard InChI is InChI=1S/C14H23N3O3/c1-9(2)5-11(6-13(18)19)7-15-14(20)12-8-17(4)16-10(12)3/h8-9,11H,5-7H2,1-4H3,(H,15,20)(H,18,19). The van der Waals surface area contributed by atoms with Crippen molar-refractivity contribution in [2.24, 2.45) is 18.9 Å². The highest BCUT2D eigenvalue weighted by Gasteiger charge is 2.18. The Bertz CT molecular complexity index is 480. The molecule has 1 amide bonds. The molecule has 0 fully saturated rings. The third-order valence-electron chi connectivity index (χ3n) is 3.08. The van der Waals surface area contributed by atoms with E-state index in [1.54, 1.807) is 24.9 Å². The molecule has 6 nitrogen and oxygen atoms in total. The van der Waals surface area contributed by atoms with Crippen LogP contribution in [0, 0.1) is 18.8 Å². The number of hydrogen-bond acceptors (Lipinski definition) is 3. The van der Waals surface area contributed by atoms with Crippen LogP contribution in [0.1, 0.15) is 42.7 Å². The van der Waals surface area contributed by atoms with Gasteiger partial charge in [0.25, 0.3) is 5.91 Å². The van der Waals surface area contributed by atoms with Crippen LogP contribution in [0.4, 0.5) is 0 Å². The average Bonchev–Trinajstić information content (AvgIpc) is 2.63. The van der Waals surface area contributed by atoms with E-state index in [1.165, 1.54) is 0 Å². The predicted molar refractivity (Wildman–Crippen MR) is 75.5 cm³/mol. The molecule has 0 saturated heterocycles. The molecule has 6 heteroatoms. The summed E-state index contributed by atoms with van der Waals surface area (Å²) in [5.74, 6) is -0.679. The first kappa shape index (κ1) is 16.2. The quantitative estimate of drug-likeness (QED) is 0.795. The summed E-state index contributed by atoms with van der Waals surface area (Å²) in [4.78, 5) is 22.9. The third kappa shape index (κ3) is 5.03. The van der Waals surface area contributed by atoms with Crippen molar-refractivity contribution in [2.75, 3.05) is 6.54 Å². The van der Waals surface area contributed by atoms with Gasteiger partial charge in [-0.2, -0.15) is 5.10 Å². The van der Waals surface area contributed by atoms with Crippen molar-refractivity contribution in [3.63, 3.8) is 0 Å². The molecule has 0 spiro atoms. The van der Waals surface area contributed by atoms with Crippen LogP contribution in [0.2, 0.25) is 0 Å².